The normalized spacial score (nSPS) is 20.8. The van der Waals surface area contributed by atoms with Crippen molar-refractivity contribution in [3.8, 4) is 17.3 Å². The van der Waals surface area contributed by atoms with Gasteiger partial charge in [-0.1, -0.05) is 23.7 Å². The van der Waals surface area contributed by atoms with Crippen LogP contribution >= 0.6 is 11.6 Å². The number of aryl methyl sites for hydroxylation is 1. The Labute approximate surface area is 175 Å². The number of aromatic nitrogens is 2. The maximum atomic E-state index is 9.97. The van der Waals surface area contributed by atoms with E-state index >= 15 is 0 Å². The molecule has 152 valence electrons. The second-order valence-electron chi connectivity index (χ2n) is 7.84. The fourth-order valence-electron chi connectivity index (χ4n) is 4.31. The number of hydrogen-bond donors (Lipinski definition) is 2. The third-order valence-electron chi connectivity index (χ3n) is 6.18. The highest BCUT2D eigenvalue weighted by Gasteiger charge is 2.44. The first kappa shape index (κ1) is 20.0. The molecule has 0 amide bonds. The Kier molecular flexibility index (Phi) is 5.45. The summed E-state index contributed by atoms with van der Waals surface area (Å²) in [5.74, 6) is 0.698. The summed E-state index contributed by atoms with van der Waals surface area (Å²) < 4.78 is 5.60. The molecular formula is C21H24ClN5O2. The number of aliphatic hydroxyl groups excluding tert-OH is 1. The number of benzene rings is 1. The number of anilines is 1. The van der Waals surface area contributed by atoms with Crippen molar-refractivity contribution in [2.24, 2.45) is 11.1 Å². The minimum atomic E-state index is -0.227. The molecule has 2 fully saturated rings. The number of hydrogen-bond acceptors (Lipinski definition) is 7. The van der Waals surface area contributed by atoms with Gasteiger partial charge < -0.3 is 20.5 Å². The quantitative estimate of drug-likeness (QED) is 0.795. The molecule has 2 aliphatic heterocycles. The second-order valence-corrected chi connectivity index (χ2v) is 8.21. The standard InChI is InChI=1S/C21H24ClN5O2/c1-13-19(15-4-2-3-14(9-23)18(15)22)26-16(10-28)20(25-13)27-7-5-21(6-8-27)12-29-11-17(21)24/h2-4,17,28H,5-8,10-12,24H2,1H3/t17-/m1/s1. The first-order chi connectivity index (χ1) is 14.0. The van der Waals surface area contributed by atoms with Gasteiger partial charge in [0.25, 0.3) is 0 Å². The molecule has 0 aliphatic carbocycles. The molecule has 29 heavy (non-hydrogen) atoms. The SMILES string of the molecule is Cc1nc(N2CCC3(CC2)COC[C@H]3N)c(CO)nc1-c1cccc(C#N)c1Cl. The molecule has 2 saturated heterocycles. The molecule has 2 aromatic rings. The maximum Gasteiger partial charge on any atom is 0.153 e. The largest absolute Gasteiger partial charge is 0.390 e. The first-order valence-electron chi connectivity index (χ1n) is 9.75. The van der Waals surface area contributed by atoms with Crippen LogP contribution in [0.5, 0.6) is 0 Å². The van der Waals surface area contributed by atoms with E-state index in [9.17, 15) is 10.4 Å². The van der Waals surface area contributed by atoms with Crippen molar-refractivity contribution >= 4 is 17.4 Å². The Bertz CT molecular complexity index is 966. The van der Waals surface area contributed by atoms with Gasteiger partial charge in [0.1, 0.15) is 11.8 Å². The van der Waals surface area contributed by atoms with Crippen molar-refractivity contribution in [2.45, 2.75) is 32.4 Å². The maximum absolute atomic E-state index is 9.97. The zero-order chi connectivity index (χ0) is 20.6. The average Bonchev–Trinajstić information content (AvgIpc) is 3.08. The van der Waals surface area contributed by atoms with E-state index in [2.05, 4.69) is 16.0 Å². The van der Waals surface area contributed by atoms with Crippen molar-refractivity contribution in [3.05, 3.63) is 40.2 Å². The summed E-state index contributed by atoms with van der Waals surface area (Å²) >= 11 is 6.40. The molecule has 4 rings (SSSR count). The summed E-state index contributed by atoms with van der Waals surface area (Å²) in [4.78, 5) is 11.6. The van der Waals surface area contributed by atoms with Gasteiger partial charge >= 0.3 is 0 Å². The molecule has 3 heterocycles. The summed E-state index contributed by atoms with van der Waals surface area (Å²) in [7, 11) is 0. The molecule has 1 spiro atoms. The highest BCUT2D eigenvalue weighted by molar-refractivity contribution is 6.34. The molecule has 0 bridgehead atoms. The van der Waals surface area contributed by atoms with Gasteiger partial charge in [-0.2, -0.15) is 5.26 Å². The monoisotopic (exact) mass is 413 g/mol. The minimum Gasteiger partial charge on any atom is -0.390 e. The van der Waals surface area contributed by atoms with Crippen LogP contribution in [0.3, 0.4) is 0 Å². The van der Waals surface area contributed by atoms with Gasteiger partial charge in [0, 0.05) is 30.1 Å². The van der Waals surface area contributed by atoms with Crippen LogP contribution in [-0.2, 0) is 11.3 Å². The van der Waals surface area contributed by atoms with E-state index in [1.54, 1.807) is 12.1 Å². The molecule has 0 saturated carbocycles. The lowest BCUT2D eigenvalue weighted by Gasteiger charge is -2.41. The molecule has 1 aromatic carbocycles. The van der Waals surface area contributed by atoms with Crippen molar-refractivity contribution in [1.82, 2.24) is 9.97 Å². The number of piperidine rings is 1. The Balaban J connectivity index is 1.65. The number of nitrogens with two attached hydrogens (primary N) is 1. The Morgan fingerprint density at radius 1 is 1.38 bits per heavy atom. The molecule has 8 heteroatoms. The van der Waals surface area contributed by atoms with E-state index in [1.165, 1.54) is 0 Å². The molecule has 0 radical (unpaired) electrons. The first-order valence-corrected chi connectivity index (χ1v) is 10.1. The lowest BCUT2D eigenvalue weighted by atomic mass is 9.75. The highest BCUT2D eigenvalue weighted by atomic mass is 35.5. The highest BCUT2D eigenvalue weighted by Crippen LogP contribution is 2.40. The van der Waals surface area contributed by atoms with Crippen molar-refractivity contribution < 1.29 is 9.84 Å². The van der Waals surface area contributed by atoms with Gasteiger partial charge in [0.15, 0.2) is 5.82 Å². The predicted molar refractivity (Wildman–Crippen MR) is 111 cm³/mol. The van der Waals surface area contributed by atoms with E-state index in [1.807, 2.05) is 13.0 Å². The lowest BCUT2D eigenvalue weighted by Crippen LogP contribution is -2.49. The molecule has 1 atom stereocenters. The molecule has 1 aromatic heterocycles. The van der Waals surface area contributed by atoms with Gasteiger partial charge in [-0.15, -0.1) is 0 Å². The molecule has 7 nitrogen and oxygen atoms in total. The molecule has 3 N–H and O–H groups in total. The summed E-state index contributed by atoms with van der Waals surface area (Å²) in [5, 5.41) is 19.6. The zero-order valence-corrected chi connectivity index (χ0v) is 17.1. The number of nitrogens with zero attached hydrogens (tertiary/aromatic N) is 4. The Morgan fingerprint density at radius 2 is 2.14 bits per heavy atom. The summed E-state index contributed by atoms with van der Waals surface area (Å²) in [6, 6.07) is 7.41. The fourth-order valence-corrected chi connectivity index (χ4v) is 4.57. The van der Waals surface area contributed by atoms with Gasteiger partial charge in [0.2, 0.25) is 0 Å². The van der Waals surface area contributed by atoms with Crippen LogP contribution in [0, 0.1) is 23.7 Å². The summed E-state index contributed by atoms with van der Waals surface area (Å²) in [6.07, 6.45) is 1.86. The number of rotatable bonds is 3. The van der Waals surface area contributed by atoms with Crippen LogP contribution in [0.15, 0.2) is 18.2 Å². The van der Waals surface area contributed by atoms with Crippen LogP contribution in [0.25, 0.3) is 11.3 Å². The van der Waals surface area contributed by atoms with Gasteiger partial charge in [-0.25, -0.2) is 9.97 Å². The van der Waals surface area contributed by atoms with Gasteiger partial charge in [0.05, 0.1) is 41.8 Å². The van der Waals surface area contributed by atoms with E-state index in [0.717, 1.165) is 25.9 Å². The van der Waals surface area contributed by atoms with Crippen LogP contribution in [-0.4, -0.2) is 47.4 Å². The zero-order valence-electron chi connectivity index (χ0n) is 16.4. The average molecular weight is 414 g/mol. The van der Waals surface area contributed by atoms with Crippen molar-refractivity contribution in [3.63, 3.8) is 0 Å². The van der Waals surface area contributed by atoms with E-state index < -0.39 is 0 Å². The van der Waals surface area contributed by atoms with Gasteiger partial charge in [-0.05, 0) is 25.8 Å². The number of nitriles is 1. The Morgan fingerprint density at radius 3 is 2.76 bits per heavy atom. The van der Waals surface area contributed by atoms with Crippen LogP contribution in [0.1, 0.15) is 29.8 Å². The van der Waals surface area contributed by atoms with Gasteiger partial charge in [-0.3, -0.25) is 0 Å². The number of ether oxygens (including phenoxy) is 1. The summed E-state index contributed by atoms with van der Waals surface area (Å²) in [5.41, 5.74) is 9.15. The van der Waals surface area contributed by atoms with E-state index in [-0.39, 0.29) is 18.1 Å². The van der Waals surface area contributed by atoms with Crippen LogP contribution < -0.4 is 10.6 Å². The molecule has 2 aliphatic rings. The van der Waals surface area contributed by atoms with E-state index in [0.29, 0.717) is 52.3 Å². The fraction of sp³-hybridized carbons (Fsp3) is 0.476. The minimum absolute atomic E-state index is 0.0452. The second kappa shape index (κ2) is 7.88. The van der Waals surface area contributed by atoms with Crippen molar-refractivity contribution in [1.29, 1.82) is 5.26 Å². The number of halogens is 1. The van der Waals surface area contributed by atoms with Crippen molar-refractivity contribution in [2.75, 3.05) is 31.2 Å². The number of aliphatic hydroxyl groups is 1. The third-order valence-corrected chi connectivity index (χ3v) is 6.58. The molecular weight excluding hydrogens is 390 g/mol. The molecule has 0 unspecified atom stereocenters. The van der Waals surface area contributed by atoms with E-state index in [4.69, 9.17) is 27.1 Å². The predicted octanol–water partition coefficient (Wildman–Crippen LogP) is 2.41. The smallest absolute Gasteiger partial charge is 0.153 e. The topological polar surface area (TPSA) is 108 Å². The Hall–Kier alpha value is -2.24. The third kappa shape index (κ3) is 3.47. The lowest BCUT2D eigenvalue weighted by molar-refractivity contribution is 0.131. The summed E-state index contributed by atoms with van der Waals surface area (Å²) in [6.45, 7) is 4.57. The van der Waals surface area contributed by atoms with Crippen LogP contribution in [0.4, 0.5) is 5.82 Å². The van der Waals surface area contributed by atoms with Crippen LogP contribution in [0.2, 0.25) is 5.02 Å².